The van der Waals surface area contributed by atoms with Crippen LogP contribution in [0.15, 0.2) is 41.1 Å². The molecule has 0 amide bonds. The SMILES string of the molecule is CCC(N)C(c1ccsc1)N(C)c1cccc(C#N)c1. The van der Waals surface area contributed by atoms with Crippen LogP contribution >= 0.6 is 11.3 Å². The van der Waals surface area contributed by atoms with Gasteiger partial charge in [-0.05, 0) is 47.0 Å². The van der Waals surface area contributed by atoms with Crippen LogP contribution in [0.1, 0.15) is 30.5 Å². The number of likely N-dealkylation sites (N-methyl/N-ethyl adjacent to an activating group) is 1. The lowest BCUT2D eigenvalue weighted by Gasteiger charge is -2.34. The number of anilines is 1. The van der Waals surface area contributed by atoms with Crippen LogP contribution in [-0.4, -0.2) is 13.1 Å². The topological polar surface area (TPSA) is 53.0 Å². The monoisotopic (exact) mass is 285 g/mol. The van der Waals surface area contributed by atoms with Gasteiger partial charge in [0.1, 0.15) is 0 Å². The molecule has 0 bridgehead atoms. The zero-order valence-electron chi connectivity index (χ0n) is 11.8. The predicted octanol–water partition coefficient (Wildman–Crippen LogP) is 3.53. The van der Waals surface area contributed by atoms with Crippen LogP contribution in [-0.2, 0) is 0 Å². The molecule has 0 saturated carbocycles. The normalized spacial score (nSPS) is 13.5. The Labute approximate surface area is 124 Å². The minimum Gasteiger partial charge on any atom is -0.366 e. The van der Waals surface area contributed by atoms with Gasteiger partial charge in [-0.3, -0.25) is 0 Å². The van der Waals surface area contributed by atoms with Crippen molar-refractivity contribution in [1.29, 1.82) is 5.26 Å². The van der Waals surface area contributed by atoms with E-state index in [2.05, 4.69) is 34.7 Å². The quantitative estimate of drug-likeness (QED) is 0.914. The Morgan fingerprint density at radius 1 is 1.40 bits per heavy atom. The van der Waals surface area contributed by atoms with Gasteiger partial charge in [0.2, 0.25) is 0 Å². The van der Waals surface area contributed by atoms with Crippen LogP contribution in [0.4, 0.5) is 5.69 Å². The maximum Gasteiger partial charge on any atom is 0.0992 e. The van der Waals surface area contributed by atoms with Crippen molar-refractivity contribution in [3.63, 3.8) is 0 Å². The minimum atomic E-state index is 0.0559. The van der Waals surface area contributed by atoms with Gasteiger partial charge in [-0.2, -0.15) is 16.6 Å². The van der Waals surface area contributed by atoms with Gasteiger partial charge >= 0.3 is 0 Å². The van der Waals surface area contributed by atoms with E-state index in [9.17, 15) is 0 Å². The second-order valence-electron chi connectivity index (χ2n) is 4.85. The van der Waals surface area contributed by atoms with Gasteiger partial charge in [-0.25, -0.2) is 0 Å². The highest BCUT2D eigenvalue weighted by molar-refractivity contribution is 7.08. The fraction of sp³-hybridized carbons (Fsp3) is 0.312. The van der Waals surface area contributed by atoms with Crippen molar-refractivity contribution in [1.82, 2.24) is 0 Å². The van der Waals surface area contributed by atoms with Crippen LogP contribution in [0, 0.1) is 11.3 Å². The van der Waals surface area contributed by atoms with E-state index in [1.807, 2.05) is 31.3 Å². The van der Waals surface area contributed by atoms with Gasteiger partial charge in [0.05, 0.1) is 17.7 Å². The van der Waals surface area contributed by atoms with Gasteiger partial charge < -0.3 is 10.6 Å². The van der Waals surface area contributed by atoms with E-state index in [0.717, 1.165) is 12.1 Å². The second kappa shape index (κ2) is 6.56. The van der Waals surface area contributed by atoms with Gasteiger partial charge in [-0.1, -0.05) is 13.0 Å². The first-order chi connectivity index (χ1) is 9.67. The number of nitriles is 1. The summed E-state index contributed by atoms with van der Waals surface area (Å²) >= 11 is 1.68. The van der Waals surface area contributed by atoms with Crippen LogP contribution in [0.2, 0.25) is 0 Å². The summed E-state index contributed by atoms with van der Waals surface area (Å²) in [4.78, 5) is 2.16. The summed E-state index contributed by atoms with van der Waals surface area (Å²) in [5, 5.41) is 13.2. The summed E-state index contributed by atoms with van der Waals surface area (Å²) in [5.74, 6) is 0. The molecule has 0 spiro atoms. The first kappa shape index (κ1) is 14.6. The molecule has 20 heavy (non-hydrogen) atoms. The molecule has 0 aliphatic carbocycles. The third kappa shape index (κ3) is 3.01. The molecule has 0 saturated heterocycles. The molecule has 1 aromatic carbocycles. The average Bonchev–Trinajstić information content (AvgIpc) is 3.01. The molecular formula is C16H19N3S. The van der Waals surface area contributed by atoms with Crippen LogP contribution < -0.4 is 10.6 Å². The molecule has 0 fully saturated rings. The van der Waals surface area contributed by atoms with E-state index in [1.54, 1.807) is 11.3 Å². The summed E-state index contributed by atoms with van der Waals surface area (Å²) < 4.78 is 0. The summed E-state index contributed by atoms with van der Waals surface area (Å²) in [6.07, 6.45) is 0.906. The number of nitrogens with zero attached hydrogens (tertiary/aromatic N) is 2. The van der Waals surface area contributed by atoms with Gasteiger partial charge in [0.15, 0.2) is 0 Å². The molecule has 4 heteroatoms. The minimum absolute atomic E-state index is 0.0559. The zero-order chi connectivity index (χ0) is 14.5. The summed E-state index contributed by atoms with van der Waals surface area (Å²) in [6, 6.07) is 12.1. The highest BCUT2D eigenvalue weighted by atomic mass is 32.1. The largest absolute Gasteiger partial charge is 0.366 e. The standard InChI is InChI=1S/C16H19N3S/c1-3-15(18)16(13-7-8-20-11-13)19(2)14-6-4-5-12(9-14)10-17/h4-9,11,15-16H,3,18H2,1-2H3. The van der Waals surface area contributed by atoms with Gasteiger partial charge in [0, 0.05) is 18.8 Å². The number of nitrogens with two attached hydrogens (primary N) is 1. The Morgan fingerprint density at radius 3 is 2.80 bits per heavy atom. The molecule has 2 N–H and O–H groups in total. The molecule has 2 unspecified atom stereocenters. The van der Waals surface area contributed by atoms with Crippen molar-refractivity contribution < 1.29 is 0 Å². The Morgan fingerprint density at radius 2 is 2.20 bits per heavy atom. The molecule has 104 valence electrons. The van der Waals surface area contributed by atoms with Crippen molar-refractivity contribution in [3.05, 3.63) is 52.2 Å². The highest BCUT2D eigenvalue weighted by Crippen LogP contribution is 2.30. The third-order valence-electron chi connectivity index (χ3n) is 3.56. The number of rotatable bonds is 5. The maximum absolute atomic E-state index is 9.03. The van der Waals surface area contributed by atoms with E-state index in [1.165, 1.54) is 5.56 Å². The number of thiophene rings is 1. The van der Waals surface area contributed by atoms with Gasteiger partial charge in [0.25, 0.3) is 0 Å². The smallest absolute Gasteiger partial charge is 0.0992 e. The number of hydrogen-bond acceptors (Lipinski definition) is 4. The fourth-order valence-corrected chi connectivity index (χ4v) is 3.07. The summed E-state index contributed by atoms with van der Waals surface area (Å²) in [5.41, 5.74) is 9.23. The fourth-order valence-electron chi connectivity index (χ4n) is 2.38. The Balaban J connectivity index is 2.36. The number of benzene rings is 1. The Bertz CT molecular complexity index is 586. The lowest BCUT2D eigenvalue weighted by molar-refractivity contribution is 0.511. The molecule has 0 radical (unpaired) electrons. The van der Waals surface area contributed by atoms with Crippen molar-refractivity contribution >= 4 is 17.0 Å². The second-order valence-corrected chi connectivity index (χ2v) is 5.63. The molecule has 3 nitrogen and oxygen atoms in total. The van der Waals surface area contributed by atoms with Gasteiger partial charge in [-0.15, -0.1) is 0 Å². The maximum atomic E-state index is 9.03. The van der Waals surface area contributed by atoms with Crippen molar-refractivity contribution in [2.24, 2.45) is 5.73 Å². The molecule has 2 atom stereocenters. The van der Waals surface area contributed by atoms with Crippen molar-refractivity contribution in [2.45, 2.75) is 25.4 Å². The molecular weight excluding hydrogens is 266 g/mol. The lowest BCUT2D eigenvalue weighted by atomic mass is 9.98. The molecule has 2 rings (SSSR count). The first-order valence-electron chi connectivity index (χ1n) is 6.68. The summed E-state index contributed by atoms with van der Waals surface area (Å²) in [7, 11) is 2.04. The van der Waals surface area contributed by atoms with Crippen LogP contribution in [0.5, 0.6) is 0 Å². The Hall–Kier alpha value is -1.83. The van der Waals surface area contributed by atoms with E-state index in [4.69, 9.17) is 11.0 Å². The molecule has 2 aromatic rings. The summed E-state index contributed by atoms with van der Waals surface area (Å²) in [6.45, 7) is 2.10. The molecule has 1 aromatic heterocycles. The average molecular weight is 285 g/mol. The molecule has 1 heterocycles. The number of hydrogen-bond donors (Lipinski definition) is 1. The van der Waals surface area contributed by atoms with E-state index < -0.39 is 0 Å². The van der Waals surface area contributed by atoms with E-state index in [-0.39, 0.29) is 12.1 Å². The van der Waals surface area contributed by atoms with Crippen LogP contribution in [0.3, 0.4) is 0 Å². The van der Waals surface area contributed by atoms with E-state index >= 15 is 0 Å². The Kier molecular flexibility index (Phi) is 4.78. The zero-order valence-corrected chi connectivity index (χ0v) is 12.6. The van der Waals surface area contributed by atoms with Crippen molar-refractivity contribution in [3.8, 4) is 6.07 Å². The van der Waals surface area contributed by atoms with E-state index in [0.29, 0.717) is 5.56 Å². The highest BCUT2D eigenvalue weighted by Gasteiger charge is 2.24. The predicted molar refractivity (Wildman–Crippen MR) is 84.9 cm³/mol. The molecule has 0 aliphatic heterocycles. The third-order valence-corrected chi connectivity index (χ3v) is 4.26. The van der Waals surface area contributed by atoms with Crippen molar-refractivity contribution in [2.75, 3.05) is 11.9 Å². The van der Waals surface area contributed by atoms with Crippen LogP contribution in [0.25, 0.3) is 0 Å². The molecule has 0 aliphatic rings. The first-order valence-corrected chi connectivity index (χ1v) is 7.62. The lowest BCUT2D eigenvalue weighted by Crippen LogP contribution is -2.38.